The van der Waals surface area contributed by atoms with Gasteiger partial charge in [-0.2, -0.15) is 11.8 Å². The van der Waals surface area contributed by atoms with Crippen molar-refractivity contribution in [2.45, 2.75) is 12.5 Å². The van der Waals surface area contributed by atoms with Gasteiger partial charge in [0.05, 0.1) is 5.69 Å². The SMILES string of the molecule is CNC(=O)c1ccc(C(=O)N[C@@H](CCSC)C(=O)Nc2nc(-c3ccccc3)cs2)cc1. The fourth-order valence-corrected chi connectivity index (χ4v) is 4.12. The van der Waals surface area contributed by atoms with Gasteiger partial charge < -0.3 is 16.0 Å². The fourth-order valence-electron chi connectivity index (χ4n) is 2.93. The number of thiazole rings is 1. The number of thioether (sulfide) groups is 1. The summed E-state index contributed by atoms with van der Waals surface area (Å²) in [5.41, 5.74) is 2.59. The molecule has 166 valence electrons. The number of carbonyl (C=O) groups excluding carboxylic acids is 3. The summed E-state index contributed by atoms with van der Waals surface area (Å²) in [5.74, 6) is -0.212. The molecule has 1 aromatic heterocycles. The first-order chi connectivity index (χ1) is 15.5. The van der Waals surface area contributed by atoms with Crippen molar-refractivity contribution in [3.8, 4) is 11.3 Å². The first-order valence-electron chi connectivity index (χ1n) is 9.95. The van der Waals surface area contributed by atoms with Gasteiger partial charge in [0.1, 0.15) is 6.04 Å². The lowest BCUT2D eigenvalue weighted by Gasteiger charge is -2.17. The van der Waals surface area contributed by atoms with Crippen LogP contribution < -0.4 is 16.0 Å². The van der Waals surface area contributed by atoms with Crippen LogP contribution in [-0.2, 0) is 4.79 Å². The first-order valence-corrected chi connectivity index (χ1v) is 12.2. The van der Waals surface area contributed by atoms with E-state index in [9.17, 15) is 14.4 Å². The Morgan fingerprint density at radius 3 is 2.28 bits per heavy atom. The number of amides is 3. The molecule has 0 aliphatic heterocycles. The molecule has 3 N–H and O–H groups in total. The van der Waals surface area contributed by atoms with Gasteiger partial charge in [-0.15, -0.1) is 11.3 Å². The quantitative estimate of drug-likeness (QED) is 0.445. The number of aromatic nitrogens is 1. The van der Waals surface area contributed by atoms with Crippen LogP contribution in [0.25, 0.3) is 11.3 Å². The smallest absolute Gasteiger partial charge is 0.251 e. The summed E-state index contributed by atoms with van der Waals surface area (Å²) < 4.78 is 0. The molecule has 0 aliphatic carbocycles. The summed E-state index contributed by atoms with van der Waals surface area (Å²) in [4.78, 5) is 41.8. The molecule has 0 saturated heterocycles. The Morgan fingerprint density at radius 1 is 1.00 bits per heavy atom. The van der Waals surface area contributed by atoms with E-state index in [0.717, 1.165) is 11.3 Å². The van der Waals surface area contributed by atoms with Crippen molar-refractivity contribution < 1.29 is 14.4 Å². The van der Waals surface area contributed by atoms with E-state index in [1.165, 1.54) is 11.3 Å². The Bertz CT molecular complexity index is 1070. The number of anilines is 1. The second-order valence-corrected chi connectivity index (χ2v) is 8.70. The monoisotopic (exact) mass is 468 g/mol. The number of carbonyl (C=O) groups is 3. The molecule has 1 heterocycles. The van der Waals surface area contributed by atoms with E-state index < -0.39 is 6.04 Å². The van der Waals surface area contributed by atoms with E-state index in [0.29, 0.717) is 28.4 Å². The molecule has 32 heavy (non-hydrogen) atoms. The van der Waals surface area contributed by atoms with Crippen molar-refractivity contribution in [1.29, 1.82) is 0 Å². The molecule has 0 fully saturated rings. The second-order valence-electron chi connectivity index (χ2n) is 6.86. The van der Waals surface area contributed by atoms with Crippen molar-refractivity contribution in [2.24, 2.45) is 0 Å². The average molecular weight is 469 g/mol. The summed E-state index contributed by atoms with van der Waals surface area (Å²) in [7, 11) is 1.54. The van der Waals surface area contributed by atoms with E-state index in [1.807, 2.05) is 42.0 Å². The van der Waals surface area contributed by atoms with Gasteiger partial charge in [0, 0.05) is 29.1 Å². The van der Waals surface area contributed by atoms with E-state index in [2.05, 4.69) is 20.9 Å². The van der Waals surface area contributed by atoms with Crippen LogP contribution in [0.5, 0.6) is 0 Å². The zero-order valence-electron chi connectivity index (χ0n) is 17.8. The number of rotatable bonds is 9. The number of nitrogens with zero attached hydrogens (tertiary/aromatic N) is 1. The predicted octanol–water partition coefficient (Wildman–Crippen LogP) is 3.66. The number of nitrogens with one attached hydrogen (secondary N) is 3. The molecule has 0 bridgehead atoms. The van der Waals surface area contributed by atoms with Gasteiger partial charge in [0.25, 0.3) is 11.8 Å². The standard InChI is InChI=1S/C23H24N4O3S2/c1-24-20(28)16-8-10-17(11-9-16)21(29)25-18(12-13-31-2)22(30)27-23-26-19(14-32-23)15-6-4-3-5-7-15/h3-11,14,18H,12-13H2,1-2H3,(H,24,28)(H,25,29)(H,26,27,30)/t18-/m0/s1. The third-order valence-corrected chi connectivity index (χ3v) is 6.07. The highest BCUT2D eigenvalue weighted by atomic mass is 32.2. The summed E-state index contributed by atoms with van der Waals surface area (Å²) in [6, 6.07) is 15.3. The summed E-state index contributed by atoms with van der Waals surface area (Å²) >= 11 is 2.93. The lowest BCUT2D eigenvalue weighted by Crippen LogP contribution is -2.44. The molecule has 0 spiro atoms. The zero-order chi connectivity index (χ0) is 22.9. The maximum absolute atomic E-state index is 12.9. The third kappa shape index (κ3) is 6.18. The fraction of sp³-hybridized carbons (Fsp3) is 0.217. The van der Waals surface area contributed by atoms with Crippen LogP contribution in [0.15, 0.2) is 60.0 Å². The molecule has 9 heteroatoms. The maximum Gasteiger partial charge on any atom is 0.251 e. The summed E-state index contributed by atoms with van der Waals surface area (Å²) in [6.07, 6.45) is 2.42. The van der Waals surface area contributed by atoms with E-state index in [1.54, 1.807) is 43.1 Å². The Hall–Kier alpha value is -3.17. The highest BCUT2D eigenvalue weighted by molar-refractivity contribution is 7.98. The first kappa shape index (κ1) is 23.5. The minimum atomic E-state index is -0.711. The Kier molecular flexibility index (Phi) is 8.41. The Balaban J connectivity index is 1.67. The average Bonchev–Trinajstić information content (AvgIpc) is 3.30. The third-order valence-electron chi connectivity index (χ3n) is 4.67. The molecular formula is C23H24N4O3S2. The van der Waals surface area contributed by atoms with Crippen LogP contribution in [0, 0.1) is 0 Å². The van der Waals surface area contributed by atoms with Crippen molar-refractivity contribution in [3.63, 3.8) is 0 Å². The molecule has 0 unspecified atom stereocenters. The Labute approximate surface area is 195 Å². The highest BCUT2D eigenvalue weighted by Gasteiger charge is 2.22. The van der Waals surface area contributed by atoms with E-state index >= 15 is 0 Å². The molecular weight excluding hydrogens is 444 g/mol. The predicted molar refractivity (Wildman–Crippen MR) is 130 cm³/mol. The lowest BCUT2D eigenvalue weighted by molar-refractivity contribution is -0.118. The summed E-state index contributed by atoms with van der Waals surface area (Å²) in [6.45, 7) is 0. The normalized spacial score (nSPS) is 11.4. The molecule has 2 aromatic carbocycles. The van der Waals surface area contributed by atoms with Gasteiger partial charge in [0.15, 0.2) is 5.13 Å². The topological polar surface area (TPSA) is 100 Å². The second kappa shape index (κ2) is 11.4. The van der Waals surface area contributed by atoms with Gasteiger partial charge in [-0.25, -0.2) is 4.98 Å². The molecule has 3 aromatic rings. The van der Waals surface area contributed by atoms with Gasteiger partial charge >= 0.3 is 0 Å². The van der Waals surface area contributed by atoms with Crippen LogP contribution in [0.4, 0.5) is 5.13 Å². The Morgan fingerprint density at radius 2 is 1.66 bits per heavy atom. The number of benzene rings is 2. The van der Waals surface area contributed by atoms with Crippen molar-refractivity contribution >= 4 is 46.0 Å². The van der Waals surface area contributed by atoms with E-state index in [-0.39, 0.29) is 17.7 Å². The molecule has 7 nitrogen and oxygen atoms in total. The lowest BCUT2D eigenvalue weighted by atomic mass is 10.1. The van der Waals surface area contributed by atoms with Gasteiger partial charge in [-0.1, -0.05) is 30.3 Å². The van der Waals surface area contributed by atoms with E-state index in [4.69, 9.17) is 0 Å². The molecule has 3 rings (SSSR count). The van der Waals surface area contributed by atoms with Crippen molar-refractivity contribution in [1.82, 2.24) is 15.6 Å². The van der Waals surface area contributed by atoms with Crippen molar-refractivity contribution in [3.05, 3.63) is 71.1 Å². The van der Waals surface area contributed by atoms with Gasteiger partial charge in [-0.05, 0) is 42.7 Å². The number of hydrogen-bond acceptors (Lipinski definition) is 6. The summed E-state index contributed by atoms with van der Waals surface area (Å²) in [5, 5.41) is 10.5. The largest absolute Gasteiger partial charge is 0.355 e. The minimum absolute atomic E-state index is 0.229. The minimum Gasteiger partial charge on any atom is -0.355 e. The van der Waals surface area contributed by atoms with Crippen LogP contribution in [0.3, 0.4) is 0 Å². The van der Waals surface area contributed by atoms with Crippen LogP contribution in [0.2, 0.25) is 0 Å². The number of hydrogen-bond donors (Lipinski definition) is 3. The van der Waals surface area contributed by atoms with Crippen LogP contribution in [-0.4, -0.2) is 47.8 Å². The maximum atomic E-state index is 12.9. The molecule has 0 aliphatic rings. The molecule has 3 amide bonds. The molecule has 1 atom stereocenters. The van der Waals surface area contributed by atoms with Crippen LogP contribution in [0.1, 0.15) is 27.1 Å². The highest BCUT2D eigenvalue weighted by Crippen LogP contribution is 2.24. The zero-order valence-corrected chi connectivity index (χ0v) is 19.4. The van der Waals surface area contributed by atoms with Gasteiger partial charge in [0.2, 0.25) is 5.91 Å². The van der Waals surface area contributed by atoms with Crippen LogP contribution >= 0.6 is 23.1 Å². The van der Waals surface area contributed by atoms with Gasteiger partial charge in [-0.3, -0.25) is 14.4 Å². The molecule has 0 saturated carbocycles. The molecule has 0 radical (unpaired) electrons. The van der Waals surface area contributed by atoms with Crippen molar-refractivity contribution in [2.75, 3.05) is 24.4 Å².